The van der Waals surface area contributed by atoms with E-state index in [1.807, 2.05) is 56.3 Å². The SMILES string of the molecule is CC(C)Oc1ccccc1C(=O)Nc1ccc(C(C)C)cc1. The molecule has 0 fully saturated rings. The van der Waals surface area contributed by atoms with Crippen LogP contribution in [0.1, 0.15) is 49.5 Å². The number of carbonyl (C=O) groups is 1. The number of hydrogen-bond acceptors (Lipinski definition) is 2. The highest BCUT2D eigenvalue weighted by Gasteiger charge is 2.13. The second-order valence-corrected chi connectivity index (χ2v) is 5.89. The molecule has 0 radical (unpaired) electrons. The van der Waals surface area contributed by atoms with Gasteiger partial charge in [-0.15, -0.1) is 0 Å². The molecule has 3 heteroatoms. The van der Waals surface area contributed by atoms with Crippen LogP contribution in [-0.2, 0) is 0 Å². The third-order valence-electron chi connectivity index (χ3n) is 3.33. The van der Waals surface area contributed by atoms with Gasteiger partial charge in [0.1, 0.15) is 5.75 Å². The van der Waals surface area contributed by atoms with Crippen molar-refractivity contribution < 1.29 is 9.53 Å². The van der Waals surface area contributed by atoms with Crippen molar-refractivity contribution in [1.29, 1.82) is 0 Å². The fourth-order valence-corrected chi connectivity index (χ4v) is 2.16. The molecule has 116 valence electrons. The van der Waals surface area contributed by atoms with Gasteiger partial charge in [-0.1, -0.05) is 38.1 Å². The average molecular weight is 297 g/mol. The summed E-state index contributed by atoms with van der Waals surface area (Å²) in [4.78, 5) is 12.4. The Morgan fingerprint density at radius 1 is 0.955 bits per heavy atom. The number of benzene rings is 2. The first kappa shape index (κ1) is 16.1. The molecule has 0 heterocycles. The molecular formula is C19H23NO2. The number of hydrogen-bond donors (Lipinski definition) is 1. The van der Waals surface area contributed by atoms with Crippen LogP contribution in [0.5, 0.6) is 5.75 Å². The molecule has 0 aliphatic carbocycles. The minimum Gasteiger partial charge on any atom is -0.490 e. The number of ether oxygens (including phenoxy) is 1. The lowest BCUT2D eigenvalue weighted by Gasteiger charge is -2.14. The van der Waals surface area contributed by atoms with Crippen molar-refractivity contribution in [2.75, 3.05) is 5.32 Å². The van der Waals surface area contributed by atoms with Crippen LogP contribution >= 0.6 is 0 Å². The molecule has 0 atom stereocenters. The standard InChI is InChI=1S/C19H23NO2/c1-13(2)15-9-11-16(12-10-15)20-19(21)17-7-5-6-8-18(17)22-14(3)4/h5-14H,1-4H3,(H,20,21). The number of carbonyl (C=O) groups excluding carboxylic acids is 1. The summed E-state index contributed by atoms with van der Waals surface area (Å²) in [7, 11) is 0. The van der Waals surface area contributed by atoms with Gasteiger partial charge in [0.15, 0.2) is 0 Å². The molecule has 22 heavy (non-hydrogen) atoms. The van der Waals surface area contributed by atoms with Crippen molar-refractivity contribution in [3.63, 3.8) is 0 Å². The molecule has 0 bridgehead atoms. The Morgan fingerprint density at radius 3 is 2.18 bits per heavy atom. The quantitative estimate of drug-likeness (QED) is 0.856. The fourth-order valence-electron chi connectivity index (χ4n) is 2.16. The summed E-state index contributed by atoms with van der Waals surface area (Å²) in [5.74, 6) is 0.923. The molecule has 2 rings (SSSR count). The Hall–Kier alpha value is -2.29. The van der Waals surface area contributed by atoms with Crippen LogP contribution in [0.4, 0.5) is 5.69 Å². The first-order valence-corrected chi connectivity index (χ1v) is 7.64. The number of para-hydroxylation sites is 1. The Labute approximate surface area is 132 Å². The van der Waals surface area contributed by atoms with Crippen LogP contribution in [0, 0.1) is 0 Å². The van der Waals surface area contributed by atoms with E-state index < -0.39 is 0 Å². The third kappa shape index (κ3) is 4.10. The second-order valence-electron chi connectivity index (χ2n) is 5.89. The maximum absolute atomic E-state index is 12.4. The molecule has 0 saturated heterocycles. The molecule has 0 spiro atoms. The van der Waals surface area contributed by atoms with E-state index in [9.17, 15) is 4.79 Å². The topological polar surface area (TPSA) is 38.3 Å². The van der Waals surface area contributed by atoms with E-state index in [0.29, 0.717) is 17.2 Å². The van der Waals surface area contributed by atoms with Crippen molar-refractivity contribution in [3.8, 4) is 5.75 Å². The molecule has 2 aromatic rings. The largest absolute Gasteiger partial charge is 0.490 e. The molecule has 0 aromatic heterocycles. The second kappa shape index (κ2) is 7.12. The number of amides is 1. The van der Waals surface area contributed by atoms with Gasteiger partial charge < -0.3 is 10.1 Å². The van der Waals surface area contributed by atoms with Gasteiger partial charge in [-0.2, -0.15) is 0 Å². The minimum absolute atomic E-state index is 0.0271. The zero-order valence-electron chi connectivity index (χ0n) is 13.6. The van der Waals surface area contributed by atoms with Gasteiger partial charge in [-0.05, 0) is 49.6 Å². The lowest BCUT2D eigenvalue weighted by atomic mass is 10.0. The van der Waals surface area contributed by atoms with Crippen LogP contribution < -0.4 is 10.1 Å². The van der Waals surface area contributed by atoms with E-state index in [1.54, 1.807) is 6.07 Å². The summed E-state index contributed by atoms with van der Waals surface area (Å²) < 4.78 is 5.69. The van der Waals surface area contributed by atoms with Crippen LogP contribution in [-0.4, -0.2) is 12.0 Å². The van der Waals surface area contributed by atoms with Crippen molar-refractivity contribution >= 4 is 11.6 Å². The first-order valence-electron chi connectivity index (χ1n) is 7.64. The van der Waals surface area contributed by atoms with Gasteiger partial charge >= 0.3 is 0 Å². The van der Waals surface area contributed by atoms with Crippen molar-refractivity contribution in [2.24, 2.45) is 0 Å². The molecule has 3 nitrogen and oxygen atoms in total. The van der Waals surface area contributed by atoms with Gasteiger partial charge in [0.05, 0.1) is 11.7 Å². The van der Waals surface area contributed by atoms with E-state index in [-0.39, 0.29) is 12.0 Å². The summed E-state index contributed by atoms with van der Waals surface area (Å²) in [5.41, 5.74) is 2.58. The Bertz CT molecular complexity index is 630. The molecule has 0 aliphatic rings. The smallest absolute Gasteiger partial charge is 0.259 e. The zero-order valence-corrected chi connectivity index (χ0v) is 13.6. The highest BCUT2D eigenvalue weighted by atomic mass is 16.5. The zero-order chi connectivity index (χ0) is 16.1. The molecular weight excluding hydrogens is 274 g/mol. The normalized spacial score (nSPS) is 10.8. The van der Waals surface area contributed by atoms with Gasteiger partial charge in [-0.3, -0.25) is 4.79 Å². The van der Waals surface area contributed by atoms with E-state index in [4.69, 9.17) is 4.74 Å². The van der Waals surface area contributed by atoms with Gasteiger partial charge in [-0.25, -0.2) is 0 Å². The first-order chi connectivity index (χ1) is 10.5. The van der Waals surface area contributed by atoms with Crippen LogP contribution in [0.3, 0.4) is 0 Å². The summed E-state index contributed by atoms with van der Waals surface area (Å²) in [6, 6.07) is 15.2. The van der Waals surface area contributed by atoms with E-state index >= 15 is 0 Å². The van der Waals surface area contributed by atoms with Crippen LogP contribution in [0.15, 0.2) is 48.5 Å². The number of nitrogens with one attached hydrogen (secondary N) is 1. The molecule has 0 saturated carbocycles. The fraction of sp³-hybridized carbons (Fsp3) is 0.316. The van der Waals surface area contributed by atoms with E-state index in [0.717, 1.165) is 5.69 Å². The molecule has 0 unspecified atom stereocenters. The maximum atomic E-state index is 12.4. The molecule has 1 N–H and O–H groups in total. The van der Waals surface area contributed by atoms with E-state index in [2.05, 4.69) is 19.2 Å². The molecule has 0 aliphatic heterocycles. The third-order valence-corrected chi connectivity index (χ3v) is 3.33. The van der Waals surface area contributed by atoms with Gasteiger partial charge in [0, 0.05) is 5.69 Å². The Kier molecular flexibility index (Phi) is 5.21. The highest BCUT2D eigenvalue weighted by Crippen LogP contribution is 2.22. The minimum atomic E-state index is -0.159. The monoisotopic (exact) mass is 297 g/mol. The predicted molar refractivity (Wildman–Crippen MR) is 90.7 cm³/mol. The number of rotatable bonds is 5. The van der Waals surface area contributed by atoms with Crippen molar-refractivity contribution in [3.05, 3.63) is 59.7 Å². The summed E-state index contributed by atoms with van der Waals surface area (Å²) >= 11 is 0. The van der Waals surface area contributed by atoms with Gasteiger partial charge in [0.2, 0.25) is 0 Å². The predicted octanol–water partition coefficient (Wildman–Crippen LogP) is 4.85. The lowest BCUT2D eigenvalue weighted by Crippen LogP contribution is -2.15. The van der Waals surface area contributed by atoms with Crippen LogP contribution in [0.25, 0.3) is 0 Å². The summed E-state index contributed by atoms with van der Waals surface area (Å²) in [6.45, 7) is 8.18. The average Bonchev–Trinajstić information content (AvgIpc) is 2.47. The lowest BCUT2D eigenvalue weighted by molar-refractivity contribution is 0.102. The number of anilines is 1. The molecule has 1 amide bonds. The Morgan fingerprint density at radius 2 is 1.59 bits per heavy atom. The highest BCUT2D eigenvalue weighted by molar-refractivity contribution is 6.06. The Balaban J connectivity index is 2.15. The van der Waals surface area contributed by atoms with Gasteiger partial charge in [0.25, 0.3) is 5.91 Å². The summed E-state index contributed by atoms with van der Waals surface area (Å²) in [6.07, 6.45) is 0.0271. The van der Waals surface area contributed by atoms with E-state index in [1.165, 1.54) is 5.56 Å². The van der Waals surface area contributed by atoms with Crippen molar-refractivity contribution in [1.82, 2.24) is 0 Å². The van der Waals surface area contributed by atoms with Crippen LogP contribution in [0.2, 0.25) is 0 Å². The van der Waals surface area contributed by atoms with Crippen molar-refractivity contribution in [2.45, 2.75) is 39.7 Å². The molecule has 2 aromatic carbocycles. The summed E-state index contributed by atoms with van der Waals surface area (Å²) in [5, 5.41) is 2.92. The maximum Gasteiger partial charge on any atom is 0.259 e.